The first-order valence-electron chi connectivity index (χ1n) is 16.0. The number of benzene rings is 3. The number of aryl methyl sites for hydroxylation is 1. The van der Waals surface area contributed by atoms with E-state index in [-0.39, 0.29) is 5.41 Å². The van der Waals surface area contributed by atoms with Gasteiger partial charge in [0.1, 0.15) is 17.1 Å². The van der Waals surface area contributed by atoms with Gasteiger partial charge in [0, 0.05) is 16.4 Å². The fourth-order valence-corrected chi connectivity index (χ4v) is 8.72. The van der Waals surface area contributed by atoms with Gasteiger partial charge in [0.15, 0.2) is 17.3 Å². The minimum absolute atomic E-state index is 0.333. The number of methoxy groups -OCH3 is 4. The van der Waals surface area contributed by atoms with E-state index >= 15 is 0 Å². The molecule has 3 aliphatic rings. The lowest BCUT2D eigenvalue weighted by molar-refractivity contribution is -0.0647. The van der Waals surface area contributed by atoms with Gasteiger partial charge in [-0.3, -0.25) is 0 Å². The number of aliphatic hydroxyl groups is 1. The molecule has 0 unspecified atom stereocenters. The molecular weight excluding hydrogens is 580 g/mol. The number of fused-ring (bicyclic) bond motifs is 6. The molecule has 2 saturated carbocycles. The zero-order valence-electron chi connectivity index (χ0n) is 27.1. The molecule has 1 N–H and O–H groups in total. The molecule has 7 heteroatoms. The van der Waals surface area contributed by atoms with Crippen LogP contribution in [0.5, 0.6) is 23.0 Å². The highest BCUT2D eigenvalue weighted by molar-refractivity contribution is 5.94. The number of hydrogen-bond donors (Lipinski definition) is 1. The third-order valence-electron chi connectivity index (χ3n) is 11.3. The molecule has 0 saturated heterocycles. The van der Waals surface area contributed by atoms with Crippen LogP contribution in [0.25, 0.3) is 22.1 Å². The van der Waals surface area contributed by atoms with Crippen molar-refractivity contribution in [1.29, 1.82) is 0 Å². The highest BCUT2D eigenvalue weighted by Crippen LogP contribution is 2.64. The fourth-order valence-electron chi connectivity index (χ4n) is 8.72. The van der Waals surface area contributed by atoms with Crippen molar-refractivity contribution < 1.29 is 28.5 Å². The predicted octanol–water partition coefficient (Wildman–Crippen LogP) is 7.13. The highest BCUT2D eigenvalue weighted by atomic mass is 16.5. The van der Waals surface area contributed by atoms with Crippen LogP contribution in [0, 0.1) is 29.1 Å². The van der Waals surface area contributed by atoms with Gasteiger partial charge in [0.2, 0.25) is 0 Å². The van der Waals surface area contributed by atoms with Crippen molar-refractivity contribution in [2.24, 2.45) is 17.3 Å². The first-order valence-corrected chi connectivity index (χ1v) is 16.0. The van der Waals surface area contributed by atoms with Crippen LogP contribution in [0.1, 0.15) is 61.6 Å². The van der Waals surface area contributed by atoms with Crippen molar-refractivity contribution >= 4 is 10.8 Å². The molecule has 7 nitrogen and oxygen atoms in total. The second-order valence-electron chi connectivity index (χ2n) is 13.2. The van der Waals surface area contributed by atoms with Crippen LogP contribution in [-0.4, -0.2) is 39.1 Å². The lowest BCUT2D eigenvalue weighted by Crippen LogP contribution is -2.50. The van der Waals surface area contributed by atoms with Gasteiger partial charge in [-0.05, 0) is 116 Å². The Kier molecular flexibility index (Phi) is 7.52. The summed E-state index contributed by atoms with van der Waals surface area (Å²) in [6.07, 6.45) is 5.55. The van der Waals surface area contributed by atoms with E-state index in [0.717, 1.165) is 37.9 Å². The van der Waals surface area contributed by atoms with E-state index < -0.39 is 11.2 Å². The zero-order valence-corrected chi connectivity index (χ0v) is 27.1. The molecule has 238 valence electrons. The van der Waals surface area contributed by atoms with Crippen LogP contribution < -0.4 is 24.6 Å². The molecule has 2 fully saturated rings. The minimum Gasteiger partial charge on any atom is -0.497 e. The maximum atomic E-state index is 13.3. The van der Waals surface area contributed by atoms with Crippen molar-refractivity contribution in [2.75, 3.05) is 28.4 Å². The number of rotatable bonds is 5. The Hall–Kier alpha value is -4.41. The summed E-state index contributed by atoms with van der Waals surface area (Å²) in [5.41, 5.74) is 1.98. The molecule has 0 spiro atoms. The normalized spacial score (nSPS) is 26.3. The molecular formula is C39H40O7. The van der Waals surface area contributed by atoms with Gasteiger partial charge in [0.25, 0.3) is 0 Å². The quantitative estimate of drug-likeness (QED) is 0.238. The molecule has 46 heavy (non-hydrogen) atoms. The van der Waals surface area contributed by atoms with Crippen LogP contribution in [0.15, 0.2) is 63.8 Å². The molecule has 0 aliphatic heterocycles. The van der Waals surface area contributed by atoms with Crippen LogP contribution >= 0.6 is 0 Å². The molecule has 1 heterocycles. The topological polar surface area (TPSA) is 87.4 Å². The molecule has 7 rings (SSSR count). The summed E-state index contributed by atoms with van der Waals surface area (Å²) >= 11 is 0. The summed E-state index contributed by atoms with van der Waals surface area (Å²) in [7, 11) is 6.41. The van der Waals surface area contributed by atoms with Crippen molar-refractivity contribution in [1.82, 2.24) is 0 Å². The van der Waals surface area contributed by atoms with Gasteiger partial charge in [0.05, 0.1) is 39.4 Å². The van der Waals surface area contributed by atoms with E-state index in [1.165, 1.54) is 18.2 Å². The summed E-state index contributed by atoms with van der Waals surface area (Å²) in [6, 6.07) is 17.3. The molecule has 4 aromatic rings. The standard InChI is InChI=1S/C39H40O7/c1-38-17-14-28-27-13-11-26(43-3)20-24(27)8-12-29(28)33(38)16-19-39(38,41)18-15-30-31-21-34(44-4)35(45-5)22-32(31)37(40)46-36(30)23-6-9-25(42-2)10-7-23/h6-7,9-11,13,20-22,28-29,33,41H,8,12,14,16-17,19H2,1-5H3/t28-,29-,33+,38+,39+/m1/s1. The second-order valence-corrected chi connectivity index (χ2v) is 13.2. The van der Waals surface area contributed by atoms with Crippen molar-refractivity contribution in [3.8, 4) is 46.2 Å². The monoisotopic (exact) mass is 620 g/mol. The summed E-state index contributed by atoms with van der Waals surface area (Å²) in [6.45, 7) is 2.24. The van der Waals surface area contributed by atoms with Gasteiger partial charge in [-0.2, -0.15) is 0 Å². The molecule has 0 amide bonds. The van der Waals surface area contributed by atoms with E-state index in [2.05, 4.69) is 37.0 Å². The van der Waals surface area contributed by atoms with E-state index in [9.17, 15) is 9.90 Å². The molecule has 3 aliphatic carbocycles. The number of hydrogen-bond acceptors (Lipinski definition) is 7. The van der Waals surface area contributed by atoms with Crippen LogP contribution in [0.3, 0.4) is 0 Å². The molecule has 3 aromatic carbocycles. The van der Waals surface area contributed by atoms with Crippen LogP contribution in [0.2, 0.25) is 0 Å². The molecule has 0 bridgehead atoms. The Balaban J connectivity index is 1.32. The Bertz CT molecular complexity index is 1930. The molecule has 0 radical (unpaired) electrons. The van der Waals surface area contributed by atoms with Gasteiger partial charge in [-0.25, -0.2) is 4.79 Å². The third-order valence-corrected chi connectivity index (χ3v) is 11.3. The fraction of sp³-hybridized carbons (Fsp3) is 0.410. The van der Waals surface area contributed by atoms with E-state index in [0.29, 0.717) is 69.1 Å². The van der Waals surface area contributed by atoms with Crippen LogP contribution in [-0.2, 0) is 6.42 Å². The number of ether oxygens (including phenoxy) is 4. The van der Waals surface area contributed by atoms with E-state index in [4.69, 9.17) is 23.4 Å². The Morgan fingerprint density at radius 1 is 0.826 bits per heavy atom. The lowest BCUT2D eigenvalue weighted by atomic mass is 9.53. The third kappa shape index (κ3) is 4.65. The summed E-state index contributed by atoms with van der Waals surface area (Å²) in [5, 5.41) is 13.4. The van der Waals surface area contributed by atoms with E-state index in [1.54, 1.807) is 33.5 Å². The van der Waals surface area contributed by atoms with Crippen molar-refractivity contribution in [3.05, 3.63) is 81.7 Å². The zero-order chi connectivity index (χ0) is 32.2. The van der Waals surface area contributed by atoms with Crippen molar-refractivity contribution in [2.45, 2.75) is 57.0 Å². The molecule has 5 atom stereocenters. The van der Waals surface area contributed by atoms with Gasteiger partial charge in [-0.15, -0.1) is 0 Å². The Morgan fingerprint density at radius 2 is 1.52 bits per heavy atom. The summed E-state index contributed by atoms with van der Waals surface area (Å²) in [4.78, 5) is 13.3. The first kappa shape index (κ1) is 30.3. The maximum Gasteiger partial charge on any atom is 0.344 e. The average Bonchev–Trinajstić information content (AvgIpc) is 3.36. The SMILES string of the molecule is COc1ccc(-c2oc(=O)c3cc(OC)c(OC)cc3c2C#C[C@]2(O)CC[C@H]3[C@@H]4CCc5cc(OC)ccc5[C@H]4CC[C@@]32C)cc1. The highest BCUT2D eigenvalue weighted by Gasteiger charge is 2.61. The lowest BCUT2D eigenvalue weighted by Gasteiger charge is -2.52. The van der Waals surface area contributed by atoms with E-state index in [1.807, 2.05) is 24.3 Å². The summed E-state index contributed by atoms with van der Waals surface area (Å²) in [5.74, 6) is 10.9. The van der Waals surface area contributed by atoms with Crippen molar-refractivity contribution in [3.63, 3.8) is 0 Å². The average molecular weight is 621 g/mol. The Labute approximate surface area is 269 Å². The van der Waals surface area contributed by atoms with Gasteiger partial charge in [-0.1, -0.05) is 24.8 Å². The van der Waals surface area contributed by atoms with Crippen LogP contribution in [0.4, 0.5) is 0 Å². The second kappa shape index (κ2) is 11.4. The Morgan fingerprint density at radius 3 is 2.22 bits per heavy atom. The smallest absolute Gasteiger partial charge is 0.344 e. The molecule has 1 aromatic heterocycles. The maximum absolute atomic E-state index is 13.3. The van der Waals surface area contributed by atoms with Gasteiger partial charge < -0.3 is 28.5 Å². The van der Waals surface area contributed by atoms with Gasteiger partial charge >= 0.3 is 5.63 Å². The predicted molar refractivity (Wildman–Crippen MR) is 177 cm³/mol. The summed E-state index contributed by atoms with van der Waals surface area (Å²) < 4.78 is 27.9. The first-order chi connectivity index (χ1) is 22.2. The largest absolute Gasteiger partial charge is 0.497 e. The minimum atomic E-state index is -1.20.